The van der Waals surface area contributed by atoms with Crippen molar-refractivity contribution < 1.29 is 9.53 Å². The van der Waals surface area contributed by atoms with E-state index in [1.807, 2.05) is 38.2 Å². The zero-order chi connectivity index (χ0) is 22.5. The quantitative estimate of drug-likeness (QED) is 0.466. The number of anilines is 2. The van der Waals surface area contributed by atoms with Gasteiger partial charge in [-0.1, -0.05) is 56.3 Å². The third-order valence-corrected chi connectivity index (χ3v) is 5.02. The van der Waals surface area contributed by atoms with Gasteiger partial charge in [-0.2, -0.15) is 15.0 Å². The van der Waals surface area contributed by atoms with Gasteiger partial charge in [-0.05, 0) is 24.1 Å². The van der Waals surface area contributed by atoms with Gasteiger partial charge in [0.05, 0.1) is 6.54 Å². The molecule has 0 atom stereocenters. The monoisotopic (exact) mass is 430 g/mol. The molecule has 0 spiro atoms. The molecule has 2 aromatic carbocycles. The number of nitrogens with zero attached hydrogens (tertiary/aromatic N) is 4. The van der Waals surface area contributed by atoms with Crippen molar-refractivity contribution in [2.75, 3.05) is 23.4 Å². The number of aryl methyl sites for hydroxylation is 1. The summed E-state index contributed by atoms with van der Waals surface area (Å²) in [7, 11) is 0. The molecule has 2 aromatic heterocycles. The number of carbonyl (C=O) groups excluding carboxylic acids is 1. The van der Waals surface area contributed by atoms with Crippen LogP contribution in [-0.2, 0) is 11.3 Å². The molecule has 8 nitrogen and oxygen atoms in total. The van der Waals surface area contributed by atoms with E-state index in [0.29, 0.717) is 37.4 Å². The Balaban J connectivity index is 0.00000119. The normalized spacial score (nSPS) is 13.0. The highest BCUT2D eigenvalue weighted by Crippen LogP contribution is 2.29. The number of H-pyrrole nitrogens is 1. The van der Waals surface area contributed by atoms with Gasteiger partial charge in [0.2, 0.25) is 11.9 Å². The number of hydrogen-bond acceptors (Lipinski definition) is 6. The van der Waals surface area contributed by atoms with Crippen LogP contribution in [0.1, 0.15) is 25.2 Å². The van der Waals surface area contributed by atoms with Crippen molar-refractivity contribution in [3.63, 3.8) is 0 Å². The van der Waals surface area contributed by atoms with E-state index in [9.17, 15) is 4.79 Å². The molecular formula is C24H26N6O2. The summed E-state index contributed by atoms with van der Waals surface area (Å²) in [5.74, 6) is 1.27. The number of aromatic amines is 1. The van der Waals surface area contributed by atoms with Gasteiger partial charge in [-0.25, -0.2) is 9.69 Å². The van der Waals surface area contributed by atoms with Gasteiger partial charge < -0.3 is 15.0 Å². The molecule has 0 aliphatic carbocycles. The van der Waals surface area contributed by atoms with E-state index >= 15 is 0 Å². The smallest absolute Gasteiger partial charge is 0.416 e. The summed E-state index contributed by atoms with van der Waals surface area (Å²) in [4.78, 5) is 29.5. The lowest BCUT2D eigenvalue weighted by atomic mass is 10.0. The Morgan fingerprint density at radius 2 is 1.91 bits per heavy atom. The van der Waals surface area contributed by atoms with Crippen molar-refractivity contribution in [3.8, 4) is 11.1 Å². The summed E-state index contributed by atoms with van der Waals surface area (Å²) in [6.07, 6.45) is 1.60. The number of benzene rings is 2. The number of carbonyl (C=O) groups is 1. The molecule has 3 heterocycles. The number of rotatable bonds is 5. The standard InChI is InChI=1S/C22H20N6O2.C2H6/c1-14-25-20(27-21(26-14)28-9-10-30-22(28)29)24-12-15-7-8-17-18(13-23-19(17)11-15)16-5-3-2-4-6-16;1-2/h2-8,11,13,23H,9-10,12H2,1H3,(H,24,25,26,27);1-2H3. The van der Waals surface area contributed by atoms with Gasteiger partial charge in [-0.3, -0.25) is 0 Å². The van der Waals surface area contributed by atoms with E-state index in [-0.39, 0.29) is 0 Å². The largest absolute Gasteiger partial charge is 0.447 e. The minimum absolute atomic E-state index is 0.305. The van der Waals surface area contributed by atoms with E-state index in [2.05, 4.69) is 55.6 Å². The molecule has 0 bridgehead atoms. The Kier molecular flexibility index (Phi) is 6.30. The fraction of sp³-hybridized carbons (Fsp3) is 0.250. The Morgan fingerprint density at radius 1 is 1.09 bits per heavy atom. The van der Waals surface area contributed by atoms with Gasteiger partial charge in [0, 0.05) is 29.2 Å². The molecule has 4 aromatic rings. The maximum atomic E-state index is 11.8. The van der Waals surface area contributed by atoms with Crippen LogP contribution in [0.2, 0.25) is 0 Å². The summed E-state index contributed by atoms with van der Waals surface area (Å²) in [6.45, 7) is 7.10. The van der Waals surface area contributed by atoms with Crippen LogP contribution in [-0.4, -0.2) is 39.2 Å². The SMILES string of the molecule is CC.Cc1nc(NCc2ccc3c(-c4ccccc4)c[nH]c3c2)nc(N2CCOC2=O)n1. The van der Waals surface area contributed by atoms with Crippen molar-refractivity contribution in [3.05, 3.63) is 66.1 Å². The molecule has 0 radical (unpaired) electrons. The molecule has 1 saturated heterocycles. The third-order valence-electron chi connectivity index (χ3n) is 5.02. The Hall–Kier alpha value is -3.94. The van der Waals surface area contributed by atoms with Crippen molar-refractivity contribution in [2.45, 2.75) is 27.3 Å². The number of hydrogen-bond donors (Lipinski definition) is 2. The first-order chi connectivity index (χ1) is 15.7. The van der Waals surface area contributed by atoms with Crippen LogP contribution in [0.5, 0.6) is 0 Å². The number of aromatic nitrogens is 4. The van der Waals surface area contributed by atoms with Gasteiger partial charge in [0.1, 0.15) is 12.4 Å². The van der Waals surface area contributed by atoms with Gasteiger partial charge >= 0.3 is 6.09 Å². The van der Waals surface area contributed by atoms with Crippen molar-refractivity contribution in [1.82, 2.24) is 19.9 Å². The lowest BCUT2D eigenvalue weighted by Gasteiger charge is -2.12. The predicted octanol–water partition coefficient (Wildman–Crippen LogP) is 4.92. The Morgan fingerprint density at radius 3 is 2.66 bits per heavy atom. The molecule has 1 fully saturated rings. The van der Waals surface area contributed by atoms with E-state index in [1.165, 1.54) is 21.4 Å². The fourth-order valence-electron chi connectivity index (χ4n) is 3.56. The lowest BCUT2D eigenvalue weighted by molar-refractivity contribution is 0.181. The first kappa shape index (κ1) is 21.3. The number of cyclic esters (lactones) is 1. The average molecular weight is 431 g/mol. The van der Waals surface area contributed by atoms with Gasteiger partial charge in [0.15, 0.2) is 0 Å². The van der Waals surface area contributed by atoms with Crippen LogP contribution in [0.4, 0.5) is 16.7 Å². The second kappa shape index (κ2) is 9.47. The zero-order valence-electron chi connectivity index (χ0n) is 18.4. The van der Waals surface area contributed by atoms with Crippen molar-refractivity contribution in [1.29, 1.82) is 0 Å². The first-order valence-electron chi connectivity index (χ1n) is 10.7. The van der Waals surface area contributed by atoms with Crippen molar-refractivity contribution >= 4 is 28.9 Å². The highest BCUT2D eigenvalue weighted by Gasteiger charge is 2.26. The molecule has 164 valence electrons. The molecule has 5 rings (SSSR count). The van der Waals surface area contributed by atoms with Crippen LogP contribution >= 0.6 is 0 Å². The topological polar surface area (TPSA) is 96.0 Å². The molecule has 1 aliphatic heterocycles. The maximum absolute atomic E-state index is 11.8. The number of fused-ring (bicyclic) bond motifs is 1. The second-order valence-corrected chi connectivity index (χ2v) is 7.07. The molecule has 8 heteroatoms. The molecular weight excluding hydrogens is 404 g/mol. The van der Waals surface area contributed by atoms with Crippen LogP contribution in [0, 0.1) is 6.92 Å². The second-order valence-electron chi connectivity index (χ2n) is 7.07. The minimum atomic E-state index is -0.432. The minimum Gasteiger partial charge on any atom is -0.447 e. The first-order valence-corrected chi connectivity index (χ1v) is 10.7. The summed E-state index contributed by atoms with van der Waals surface area (Å²) < 4.78 is 4.97. The Bertz CT molecular complexity index is 1220. The van der Waals surface area contributed by atoms with Gasteiger partial charge in [0.25, 0.3) is 0 Å². The Labute approximate surface area is 186 Å². The summed E-state index contributed by atoms with van der Waals surface area (Å²) >= 11 is 0. The maximum Gasteiger partial charge on any atom is 0.416 e. The van der Waals surface area contributed by atoms with Crippen LogP contribution < -0.4 is 10.2 Å². The summed E-state index contributed by atoms with van der Waals surface area (Å²) in [6, 6.07) is 16.6. The predicted molar refractivity (Wildman–Crippen MR) is 126 cm³/mol. The van der Waals surface area contributed by atoms with E-state index in [1.54, 1.807) is 6.92 Å². The molecule has 1 amide bonds. The zero-order valence-corrected chi connectivity index (χ0v) is 18.4. The number of nitrogens with one attached hydrogen (secondary N) is 2. The van der Waals surface area contributed by atoms with E-state index < -0.39 is 6.09 Å². The molecule has 1 aliphatic rings. The third kappa shape index (κ3) is 4.39. The average Bonchev–Trinajstić information content (AvgIpc) is 3.45. The highest BCUT2D eigenvalue weighted by molar-refractivity contribution is 5.95. The lowest BCUT2D eigenvalue weighted by Crippen LogP contribution is -2.26. The molecule has 2 N–H and O–H groups in total. The van der Waals surface area contributed by atoms with E-state index in [0.717, 1.165) is 11.1 Å². The summed E-state index contributed by atoms with van der Waals surface area (Å²) in [5, 5.41) is 4.41. The molecule has 0 saturated carbocycles. The van der Waals surface area contributed by atoms with E-state index in [4.69, 9.17) is 4.74 Å². The number of ether oxygens (including phenoxy) is 1. The molecule has 32 heavy (non-hydrogen) atoms. The van der Waals surface area contributed by atoms with Crippen LogP contribution in [0.15, 0.2) is 54.7 Å². The summed E-state index contributed by atoms with van der Waals surface area (Å²) in [5.41, 5.74) is 4.52. The fourth-order valence-corrected chi connectivity index (χ4v) is 3.56. The number of amides is 1. The van der Waals surface area contributed by atoms with Crippen LogP contribution in [0.3, 0.4) is 0 Å². The van der Waals surface area contributed by atoms with Gasteiger partial charge in [-0.15, -0.1) is 0 Å². The van der Waals surface area contributed by atoms with Crippen LogP contribution in [0.25, 0.3) is 22.0 Å². The van der Waals surface area contributed by atoms with Crippen molar-refractivity contribution in [2.24, 2.45) is 0 Å². The highest BCUT2D eigenvalue weighted by atomic mass is 16.6. The molecule has 0 unspecified atom stereocenters.